The van der Waals surface area contributed by atoms with Crippen LogP contribution in [0.15, 0.2) is 18.2 Å². The molecule has 0 aliphatic rings. The monoisotopic (exact) mass is 234 g/mol. The number of hydrogen-bond acceptors (Lipinski definition) is 2. The van der Waals surface area contributed by atoms with Gasteiger partial charge in [0, 0.05) is 6.54 Å². The van der Waals surface area contributed by atoms with Crippen molar-refractivity contribution in [2.24, 2.45) is 11.1 Å². The SMILES string of the molecule is Cc1ccc(CNCCC(C)(C)CN)cc1C. The van der Waals surface area contributed by atoms with Gasteiger partial charge in [-0.05, 0) is 55.5 Å². The molecule has 0 unspecified atom stereocenters. The number of rotatable bonds is 6. The van der Waals surface area contributed by atoms with Crippen LogP contribution in [0.3, 0.4) is 0 Å². The Bertz CT molecular complexity index is 356. The van der Waals surface area contributed by atoms with Crippen molar-refractivity contribution in [3.05, 3.63) is 34.9 Å². The molecule has 0 fully saturated rings. The number of benzene rings is 1. The molecule has 0 saturated heterocycles. The number of nitrogens with one attached hydrogen (secondary N) is 1. The van der Waals surface area contributed by atoms with E-state index in [2.05, 4.69) is 51.2 Å². The third-order valence-corrected chi connectivity index (χ3v) is 3.43. The normalized spacial score (nSPS) is 11.8. The smallest absolute Gasteiger partial charge is 0.0205 e. The fraction of sp³-hybridized carbons (Fsp3) is 0.600. The van der Waals surface area contributed by atoms with Crippen LogP contribution in [0.25, 0.3) is 0 Å². The molecule has 0 bridgehead atoms. The van der Waals surface area contributed by atoms with E-state index in [1.54, 1.807) is 0 Å². The van der Waals surface area contributed by atoms with Gasteiger partial charge in [-0.3, -0.25) is 0 Å². The lowest BCUT2D eigenvalue weighted by Crippen LogP contribution is -2.28. The first-order valence-corrected chi connectivity index (χ1v) is 6.41. The molecule has 0 atom stereocenters. The first-order chi connectivity index (χ1) is 7.94. The lowest BCUT2D eigenvalue weighted by Gasteiger charge is -2.22. The third-order valence-electron chi connectivity index (χ3n) is 3.43. The van der Waals surface area contributed by atoms with Crippen LogP contribution in [0.1, 0.15) is 37.0 Å². The highest BCUT2D eigenvalue weighted by atomic mass is 14.8. The van der Waals surface area contributed by atoms with Crippen LogP contribution in [-0.2, 0) is 6.54 Å². The Kier molecular flexibility index (Phi) is 5.16. The van der Waals surface area contributed by atoms with E-state index in [1.165, 1.54) is 16.7 Å². The van der Waals surface area contributed by atoms with E-state index in [0.29, 0.717) is 0 Å². The Morgan fingerprint density at radius 2 is 1.88 bits per heavy atom. The molecule has 0 amide bonds. The maximum Gasteiger partial charge on any atom is 0.0205 e. The summed E-state index contributed by atoms with van der Waals surface area (Å²) in [6.45, 7) is 11.5. The largest absolute Gasteiger partial charge is 0.330 e. The predicted octanol–water partition coefficient (Wildman–Crippen LogP) is 2.77. The summed E-state index contributed by atoms with van der Waals surface area (Å²) in [5.41, 5.74) is 10.0. The van der Waals surface area contributed by atoms with Crippen molar-refractivity contribution < 1.29 is 0 Å². The molecule has 0 aliphatic carbocycles. The van der Waals surface area contributed by atoms with Crippen molar-refractivity contribution in [1.82, 2.24) is 5.32 Å². The average molecular weight is 234 g/mol. The zero-order valence-electron chi connectivity index (χ0n) is 11.6. The molecule has 0 spiro atoms. The molecule has 0 heterocycles. The van der Waals surface area contributed by atoms with E-state index in [-0.39, 0.29) is 5.41 Å². The lowest BCUT2D eigenvalue weighted by atomic mass is 9.90. The fourth-order valence-electron chi connectivity index (χ4n) is 1.68. The molecular weight excluding hydrogens is 208 g/mol. The van der Waals surface area contributed by atoms with Crippen LogP contribution in [0.5, 0.6) is 0 Å². The van der Waals surface area contributed by atoms with Crippen molar-refractivity contribution in [2.45, 2.75) is 40.7 Å². The van der Waals surface area contributed by atoms with Gasteiger partial charge in [-0.2, -0.15) is 0 Å². The maximum absolute atomic E-state index is 5.71. The van der Waals surface area contributed by atoms with Crippen LogP contribution in [0.2, 0.25) is 0 Å². The van der Waals surface area contributed by atoms with E-state index >= 15 is 0 Å². The van der Waals surface area contributed by atoms with Crippen molar-refractivity contribution in [3.63, 3.8) is 0 Å². The fourth-order valence-corrected chi connectivity index (χ4v) is 1.68. The molecular formula is C15H26N2. The van der Waals surface area contributed by atoms with Gasteiger partial charge in [0.05, 0.1) is 0 Å². The summed E-state index contributed by atoms with van der Waals surface area (Å²) >= 11 is 0. The molecule has 1 rings (SSSR count). The van der Waals surface area contributed by atoms with Gasteiger partial charge >= 0.3 is 0 Å². The standard InChI is InChI=1S/C15H26N2/c1-12-5-6-14(9-13(12)2)10-17-8-7-15(3,4)11-16/h5-6,9,17H,7-8,10-11,16H2,1-4H3. The van der Waals surface area contributed by atoms with Crippen molar-refractivity contribution >= 4 is 0 Å². The highest BCUT2D eigenvalue weighted by Crippen LogP contribution is 2.17. The summed E-state index contributed by atoms with van der Waals surface area (Å²) < 4.78 is 0. The van der Waals surface area contributed by atoms with Gasteiger partial charge < -0.3 is 11.1 Å². The Hall–Kier alpha value is -0.860. The van der Waals surface area contributed by atoms with E-state index in [1.807, 2.05) is 0 Å². The molecule has 17 heavy (non-hydrogen) atoms. The second kappa shape index (κ2) is 6.18. The minimum atomic E-state index is 0.246. The number of hydrogen-bond donors (Lipinski definition) is 2. The highest BCUT2D eigenvalue weighted by molar-refractivity contribution is 5.29. The van der Waals surface area contributed by atoms with Crippen LogP contribution in [0.4, 0.5) is 0 Å². The van der Waals surface area contributed by atoms with Gasteiger partial charge in [-0.25, -0.2) is 0 Å². The van der Waals surface area contributed by atoms with Crippen molar-refractivity contribution in [3.8, 4) is 0 Å². The molecule has 1 aromatic carbocycles. The van der Waals surface area contributed by atoms with Gasteiger partial charge in [0.25, 0.3) is 0 Å². The minimum Gasteiger partial charge on any atom is -0.330 e. The molecule has 0 radical (unpaired) electrons. The van der Waals surface area contributed by atoms with Crippen LogP contribution >= 0.6 is 0 Å². The van der Waals surface area contributed by atoms with Crippen molar-refractivity contribution in [2.75, 3.05) is 13.1 Å². The molecule has 1 aromatic rings. The van der Waals surface area contributed by atoms with E-state index in [4.69, 9.17) is 5.73 Å². The summed E-state index contributed by atoms with van der Waals surface area (Å²) in [4.78, 5) is 0. The topological polar surface area (TPSA) is 38.0 Å². The zero-order valence-corrected chi connectivity index (χ0v) is 11.6. The highest BCUT2D eigenvalue weighted by Gasteiger charge is 2.14. The number of aryl methyl sites for hydroxylation is 2. The molecule has 96 valence electrons. The Morgan fingerprint density at radius 1 is 1.18 bits per heavy atom. The summed E-state index contributed by atoms with van der Waals surface area (Å²) in [5, 5.41) is 3.48. The Morgan fingerprint density at radius 3 is 2.47 bits per heavy atom. The first-order valence-electron chi connectivity index (χ1n) is 6.41. The summed E-state index contributed by atoms with van der Waals surface area (Å²) in [6, 6.07) is 6.65. The lowest BCUT2D eigenvalue weighted by molar-refractivity contribution is 0.339. The van der Waals surface area contributed by atoms with Gasteiger partial charge in [-0.15, -0.1) is 0 Å². The van der Waals surface area contributed by atoms with Gasteiger partial charge in [0.15, 0.2) is 0 Å². The average Bonchev–Trinajstić information content (AvgIpc) is 2.29. The molecule has 2 heteroatoms. The maximum atomic E-state index is 5.71. The molecule has 0 aromatic heterocycles. The first kappa shape index (κ1) is 14.2. The van der Waals surface area contributed by atoms with E-state index in [9.17, 15) is 0 Å². The predicted molar refractivity (Wildman–Crippen MR) is 75.1 cm³/mol. The zero-order chi connectivity index (χ0) is 12.9. The Labute approximate surface area is 106 Å². The van der Waals surface area contributed by atoms with E-state index in [0.717, 1.165) is 26.1 Å². The van der Waals surface area contributed by atoms with Gasteiger partial charge in [0.2, 0.25) is 0 Å². The van der Waals surface area contributed by atoms with Crippen molar-refractivity contribution in [1.29, 1.82) is 0 Å². The minimum absolute atomic E-state index is 0.246. The van der Waals surface area contributed by atoms with Crippen LogP contribution in [0, 0.1) is 19.3 Å². The molecule has 0 saturated carbocycles. The van der Waals surface area contributed by atoms with Gasteiger partial charge in [-0.1, -0.05) is 32.0 Å². The van der Waals surface area contributed by atoms with E-state index < -0.39 is 0 Å². The summed E-state index contributed by atoms with van der Waals surface area (Å²) in [6.07, 6.45) is 1.12. The second-order valence-electron chi connectivity index (χ2n) is 5.71. The molecule has 3 N–H and O–H groups in total. The third kappa shape index (κ3) is 4.88. The molecule has 0 aliphatic heterocycles. The molecule has 2 nitrogen and oxygen atoms in total. The summed E-state index contributed by atoms with van der Waals surface area (Å²) in [5.74, 6) is 0. The van der Waals surface area contributed by atoms with Crippen LogP contribution in [-0.4, -0.2) is 13.1 Å². The Balaban J connectivity index is 2.34. The quantitative estimate of drug-likeness (QED) is 0.743. The summed E-state index contributed by atoms with van der Waals surface area (Å²) in [7, 11) is 0. The second-order valence-corrected chi connectivity index (χ2v) is 5.71. The van der Waals surface area contributed by atoms with Crippen LogP contribution < -0.4 is 11.1 Å². The van der Waals surface area contributed by atoms with Gasteiger partial charge in [0.1, 0.15) is 0 Å². The number of nitrogens with two attached hydrogens (primary N) is 1.